The Balaban J connectivity index is 1.42. The number of fused-ring (bicyclic) bond motifs is 3. The van der Waals surface area contributed by atoms with E-state index in [-0.39, 0.29) is 11.9 Å². The third-order valence-electron chi connectivity index (χ3n) is 8.40. The molecule has 1 fully saturated rings. The minimum absolute atomic E-state index is 0.0599. The van der Waals surface area contributed by atoms with E-state index in [0.29, 0.717) is 33.9 Å². The number of halogens is 3. The van der Waals surface area contributed by atoms with Crippen LogP contribution in [-0.2, 0) is 4.79 Å². The molecule has 1 heterocycles. The molecule has 232 valence electrons. The maximum absolute atomic E-state index is 13.8. The number of rotatable bonds is 10. The highest BCUT2D eigenvalue weighted by molar-refractivity contribution is 6.07. The number of para-hydroxylation sites is 2. The number of nitrogens with zero attached hydrogens (tertiary/aromatic N) is 1. The van der Waals surface area contributed by atoms with Gasteiger partial charge in [0, 0.05) is 11.7 Å². The molecule has 0 spiro atoms. The van der Waals surface area contributed by atoms with Crippen molar-refractivity contribution in [3.05, 3.63) is 113 Å². The first-order chi connectivity index (χ1) is 21.7. The molecule has 45 heavy (non-hydrogen) atoms. The minimum Gasteiger partial charge on any atom is -0.457 e. The number of amides is 2. The maximum Gasteiger partial charge on any atom is 0.405 e. The number of benzene rings is 4. The quantitative estimate of drug-likeness (QED) is 0.190. The Hall–Kier alpha value is -4.63. The molecule has 4 aromatic carbocycles. The van der Waals surface area contributed by atoms with Crippen molar-refractivity contribution < 1.29 is 27.5 Å². The van der Waals surface area contributed by atoms with E-state index in [4.69, 9.17) is 4.74 Å². The van der Waals surface area contributed by atoms with Gasteiger partial charge in [0.1, 0.15) is 18.0 Å². The highest BCUT2D eigenvalue weighted by Gasteiger charge is 2.40. The number of carbonyl (C=O) groups is 2. The smallest absolute Gasteiger partial charge is 0.405 e. The van der Waals surface area contributed by atoms with Gasteiger partial charge in [-0.1, -0.05) is 67.9 Å². The van der Waals surface area contributed by atoms with Crippen LogP contribution in [0.3, 0.4) is 0 Å². The van der Waals surface area contributed by atoms with Crippen LogP contribution in [0.1, 0.15) is 65.2 Å². The fourth-order valence-corrected chi connectivity index (χ4v) is 6.30. The van der Waals surface area contributed by atoms with Crippen LogP contribution in [0.2, 0.25) is 0 Å². The molecular weight excluding hydrogens is 579 g/mol. The highest BCUT2D eigenvalue weighted by Crippen LogP contribution is 2.50. The number of hydrogen-bond donors (Lipinski definition) is 2. The maximum atomic E-state index is 13.8. The van der Waals surface area contributed by atoms with Crippen molar-refractivity contribution in [1.29, 1.82) is 0 Å². The van der Waals surface area contributed by atoms with Crippen molar-refractivity contribution in [3.63, 3.8) is 0 Å². The molecule has 6 nitrogen and oxygen atoms in total. The molecule has 0 saturated carbocycles. The van der Waals surface area contributed by atoms with Crippen molar-refractivity contribution in [2.45, 2.75) is 44.3 Å². The van der Waals surface area contributed by atoms with Gasteiger partial charge in [-0.3, -0.25) is 14.5 Å². The zero-order valence-electron chi connectivity index (χ0n) is 24.9. The van der Waals surface area contributed by atoms with E-state index in [1.165, 1.54) is 0 Å². The second-order valence-corrected chi connectivity index (χ2v) is 11.4. The van der Waals surface area contributed by atoms with Gasteiger partial charge < -0.3 is 15.4 Å². The summed E-state index contributed by atoms with van der Waals surface area (Å²) in [6.45, 7) is 2.46. The largest absolute Gasteiger partial charge is 0.457 e. The number of hydrogen-bond acceptors (Lipinski definition) is 4. The van der Waals surface area contributed by atoms with E-state index in [9.17, 15) is 22.8 Å². The Morgan fingerprint density at radius 3 is 2.36 bits per heavy atom. The Bertz CT molecular complexity index is 1700. The number of carbonyl (C=O) groups excluding carboxylic acids is 2. The number of alkyl halides is 3. The standard InChI is InChI=1S/C36H34F3N3O3/c1-2-11-30(42-18-10-19-42)29-21-23(41-34(43)27-16-8-9-17-31(27)45-24-12-4-3-5-13-24)20-28-25-14-6-7-15-26(25)33(32(28)29)35(44)40-22-36(37,38)39/h3-9,12-17,20-21,30,33H,2,10-11,18-19,22H2,1H3,(H,40,44)(H,41,43). The summed E-state index contributed by atoms with van der Waals surface area (Å²) >= 11 is 0. The van der Waals surface area contributed by atoms with Crippen molar-refractivity contribution in [2.75, 3.05) is 25.0 Å². The Morgan fingerprint density at radius 1 is 0.933 bits per heavy atom. The van der Waals surface area contributed by atoms with E-state index in [1.54, 1.807) is 36.4 Å². The van der Waals surface area contributed by atoms with Gasteiger partial charge in [-0.15, -0.1) is 0 Å². The number of nitrogens with one attached hydrogen (secondary N) is 2. The van der Waals surface area contributed by atoms with E-state index in [1.807, 2.05) is 54.6 Å². The lowest BCUT2D eigenvalue weighted by Gasteiger charge is -2.40. The van der Waals surface area contributed by atoms with Crippen molar-refractivity contribution in [2.24, 2.45) is 0 Å². The van der Waals surface area contributed by atoms with E-state index < -0.39 is 24.5 Å². The van der Waals surface area contributed by atoms with Crippen LogP contribution in [0.5, 0.6) is 11.5 Å². The monoisotopic (exact) mass is 613 g/mol. The van der Waals surface area contributed by atoms with Gasteiger partial charge in [0.2, 0.25) is 5.91 Å². The summed E-state index contributed by atoms with van der Waals surface area (Å²) in [5.74, 6) is -0.963. The second-order valence-electron chi connectivity index (χ2n) is 11.4. The summed E-state index contributed by atoms with van der Waals surface area (Å²) in [6.07, 6.45) is -1.82. The zero-order valence-corrected chi connectivity index (χ0v) is 24.9. The van der Waals surface area contributed by atoms with Gasteiger partial charge in [0.05, 0.1) is 11.5 Å². The molecule has 2 aliphatic rings. The number of ether oxygens (including phenoxy) is 1. The topological polar surface area (TPSA) is 70.7 Å². The van der Waals surface area contributed by atoms with Crippen LogP contribution >= 0.6 is 0 Å². The van der Waals surface area contributed by atoms with Gasteiger partial charge in [-0.2, -0.15) is 13.2 Å². The Morgan fingerprint density at radius 2 is 1.64 bits per heavy atom. The molecule has 2 atom stereocenters. The van der Waals surface area contributed by atoms with Crippen LogP contribution < -0.4 is 15.4 Å². The highest BCUT2D eigenvalue weighted by atomic mass is 19.4. The molecule has 9 heteroatoms. The van der Waals surface area contributed by atoms with Gasteiger partial charge >= 0.3 is 6.18 Å². The third kappa shape index (κ3) is 6.44. The molecule has 0 bridgehead atoms. The van der Waals surface area contributed by atoms with E-state index >= 15 is 0 Å². The number of likely N-dealkylation sites (tertiary alicyclic amines) is 1. The molecule has 1 aliphatic carbocycles. The van der Waals surface area contributed by atoms with Crippen LogP contribution in [0.25, 0.3) is 11.1 Å². The summed E-state index contributed by atoms with van der Waals surface area (Å²) in [4.78, 5) is 29.6. The molecule has 4 aromatic rings. The molecule has 2 N–H and O–H groups in total. The molecule has 0 radical (unpaired) electrons. The third-order valence-corrected chi connectivity index (χ3v) is 8.40. The Kier molecular flexibility index (Phi) is 8.63. The van der Waals surface area contributed by atoms with Gasteiger partial charge in [-0.25, -0.2) is 0 Å². The average molecular weight is 614 g/mol. The summed E-state index contributed by atoms with van der Waals surface area (Å²) in [5, 5.41) is 5.19. The molecule has 2 unspecified atom stereocenters. The van der Waals surface area contributed by atoms with Gasteiger partial charge in [-0.05, 0) is 90.1 Å². The molecule has 0 aromatic heterocycles. The number of anilines is 1. The zero-order chi connectivity index (χ0) is 31.6. The van der Waals surface area contributed by atoms with Crippen LogP contribution in [0, 0.1) is 0 Å². The molecule has 2 amide bonds. The lowest BCUT2D eigenvalue weighted by molar-refractivity contribution is -0.138. The predicted octanol–water partition coefficient (Wildman–Crippen LogP) is 8.07. The fraction of sp³-hybridized carbons (Fsp3) is 0.278. The summed E-state index contributed by atoms with van der Waals surface area (Å²) in [7, 11) is 0. The second kappa shape index (κ2) is 12.8. The predicted molar refractivity (Wildman–Crippen MR) is 168 cm³/mol. The summed E-state index contributed by atoms with van der Waals surface area (Å²) in [6, 6.07) is 27.2. The molecular formula is C36H34F3N3O3. The normalized spacial score (nSPS) is 16.2. The molecule has 1 aliphatic heterocycles. The van der Waals surface area contributed by atoms with E-state index in [2.05, 4.69) is 22.5 Å². The molecule has 1 saturated heterocycles. The van der Waals surface area contributed by atoms with Gasteiger partial charge in [0.25, 0.3) is 5.91 Å². The van der Waals surface area contributed by atoms with Crippen LogP contribution in [0.4, 0.5) is 18.9 Å². The van der Waals surface area contributed by atoms with Crippen LogP contribution in [-0.4, -0.2) is 42.5 Å². The van der Waals surface area contributed by atoms with Crippen molar-refractivity contribution >= 4 is 17.5 Å². The average Bonchev–Trinajstić information content (AvgIpc) is 3.33. The van der Waals surface area contributed by atoms with Crippen LogP contribution in [0.15, 0.2) is 91.0 Å². The SMILES string of the molecule is CCCC(c1cc(NC(=O)c2ccccc2Oc2ccccc2)cc2c1C(C(=O)NCC(F)(F)F)c1ccccc1-2)N1CCC1. The Labute approximate surface area is 260 Å². The minimum atomic E-state index is -4.53. The lowest BCUT2D eigenvalue weighted by atomic mass is 9.85. The first-order valence-corrected chi connectivity index (χ1v) is 15.2. The van der Waals surface area contributed by atoms with Crippen molar-refractivity contribution in [1.82, 2.24) is 10.2 Å². The molecule has 6 rings (SSSR count). The van der Waals surface area contributed by atoms with E-state index in [0.717, 1.165) is 49.0 Å². The fourth-order valence-electron chi connectivity index (χ4n) is 6.30. The first kappa shape index (κ1) is 30.4. The lowest BCUT2D eigenvalue weighted by Crippen LogP contribution is -2.41. The first-order valence-electron chi connectivity index (χ1n) is 15.2. The summed E-state index contributed by atoms with van der Waals surface area (Å²) in [5.41, 5.74) is 4.59. The van der Waals surface area contributed by atoms with Crippen molar-refractivity contribution in [3.8, 4) is 22.6 Å². The van der Waals surface area contributed by atoms with Gasteiger partial charge in [0.15, 0.2) is 0 Å². The summed E-state index contributed by atoms with van der Waals surface area (Å²) < 4.78 is 45.5.